The van der Waals surface area contributed by atoms with Crippen molar-refractivity contribution in [1.29, 1.82) is 0 Å². The number of fused-ring (bicyclic) bond motifs is 1. The maximum absolute atomic E-state index is 14.8. The van der Waals surface area contributed by atoms with Crippen LogP contribution >= 0.6 is 0 Å². The lowest BCUT2D eigenvalue weighted by molar-refractivity contribution is -0.156. The topological polar surface area (TPSA) is 679 Å². The van der Waals surface area contributed by atoms with Crippen LogP contribution in [0.5, 0.6) is 5.75 Å². The van der Waals surface area contributed by atoms with Crippen molar-refractivity contribution in [1.82, 2.24) is 74.1 Å². The number of rotatable bonds is 34. The van der Waals surface area contributed by atoms with Gasteiger partial charge in [-0.1, -0.05) is 82.7 Å². The number of benzene rings is 2. The van der Waals surface area contributed by atoms with E-state index in [1.807, 2.05) is 16.0 Å². The quantitative estimate of drug-likeness (QED) is 0.0196. The number of aromatic hydroxyl groups is 1. The Balaban J connectivity index is 1.85. The second-order valence-electron chi connectivity index (χ2n) is 26.9. The molecule has 2 aromatic carbocycles. The monoisotopic (exact) mass is 1590 g/mol. The second kappa shape index (κ2) is 47.0. The highest BCUT2D eigenvalue weighted by Crippen LogP contribution is 2.21. The number of H-pyrrole nitrogens is 1. The Hall–Kier alpha value is -12.4. The van der Waals surface area contributed by atoms with Crippen LogP contribution in [0, 0.1) is 5.92 Å². The van der Waals surface area contributed by atoms with Gasteiger partial charge in [0, 0.05) is 36.4 Å². The number of aliphatic hydroxyl groups excluding tert-OH is 1. The number of phenols is 1. The van der Waals surface area contributed by atoms with Gasteiger partial charge in [0.05, 0.1) is 51.8 Å². The minimum Gasteiger partial charge on any atom is -0.508 e. The van der Waals surface area contributed by atoms with Crippen LogP contribution < -0.4 is 80.6 Å². The highest BCUT2D eigenvalue weighted by molar-refractivity contribution is 6.02. The largest absolute Gasteiger partial charge is 0.508 e. The predicted octanol–water partition coefficient (Wildman–Crippen LogP) is -5.53. The third-order valence-corrected chi connectivity index (χ3v) is 17.6. The van der Waals surface area contributed by atoms with Crippen molar-refractivity contribution in [2.75, 3.05) is 26.2 Å². The molecule has 42 nitrogen and oxygen atoms in total. The lowest BCUT2D eigenvalue weighted by atomic mass is 9.96. The minimum absolute atomic E-state index is 0.00836. The highest BCUT2D eigenvalue weighted by atomic mass is 16.5. The van der Waals surface area contributed by atoms with E-state index < -0.39 is 249 Å². The van der Waals surface area contributed by atoms with E-state index in [2.05, 4.69) is 65.1 Å². The fraction of sp³-hybridized carbons (Fsp3) is 0.535. The zero-order chi connectivity index (χ0) is 84.2. The number of primary amides is 1. The zero-order valence-electron chi connectivity index (χ0n) is 62.6. The Morgan fingerprint density at radius 2 is 1.10 bits per heavy atom. The molecular formula is C71H100N16O26. The number of nitrogens with one attached hydrogen (secondary N) is 14. The van der Waals surface area contributed by atoms with E-state index in [-0.39, 0.29) is 43.5 Å². The van der Waals surface area contributed by atoms with Gasteiger partial charge in [0.15, 0.2) is 0 Å². The summed E-state index contributed by atoms with van der Waals surface area (Å²) in [4.78, 5) is 261. The van der Waals surface area contributed by atoms with Gasteiger partial charge in [0.1, 0.15) is 78.3 Å². The van der Waals surface area contributed by atoms with Crippen molar-refractivity contribution in [3.8, 4) is 5.75 Å². The summed E-state index contributed by atoms with van der Waals surface area (Å²) in [7, 11) is 0. The minimum atomic E-state index is -2.38. The van der Waals surface area contributed by atoms with E-state index in [1.165, 1.54) is 12.1 Å². The van der Waals surface area contributed by atoms with Gasteiger partial charge in [0.25, 0.3) is 0 Å². The summed E-state index contributed by atoms with van der Waals surface area (Å²) >= 11 is 0. The summed E-state index contributed by atoms with van der Waals surface area (Å²) in [5.41, 5.74) is 12.6. The summed E-state index contributed by atoms with van der Waals surface area (Å²) in [6.07, 6.45) is -1.47. The van der Waals surface area contributed by atoms with Gasteiger partial charge < -0.3 is 121 Å². The van der Waals surface area contributed by atoms with Gasteiger partial charge in [0.2, 0.25) is 82.7 Å². The molecule has 0 unspecified atom stereocenters. The summed E-state index contributed by atoms with van der Waals surface area (Å²) in [6.45, 7) is 1.34. The number of para-hydroxylation sites is 1. The molecule has 113 heavy (non-hydrogen) atoms. The normalized spacial score (nSPS) is 21.4. The molecule has 1 fully saturated rings. The third kappa shape index (κ3) is 32.6. The molecule has 0 aliphatic carbocycles. The van der Waals surface area contributed by atoms with Gasteiger partial charge in [-0.3, -0.25) is 86.3 Å². The summed E-state index contributed by atoms with van der Waals surface area (Å²) in [5, 5.41) is 89.1. The Morgan fingerprint density at radius 3 is 1.69 bits per heavy atom. The zero-order valence-corrected chi connectivity index (χ0v) is 62.6. The van der Waals surface area contributed by atoms with Crippen LogP contribution in [0.25, 0.3) is 10.9 Å². The third-order valence-electron chi connectivity index (χ3n) is 17.6. The number of carbonyl (C=O) groups excluding carboxylic acids is 15. The number of aromatic amines is 1. The van der Waals surface area contributed by atoms with Crippen LogP contribution in [-0.2, 0) is 109 Å². The van der Waals surface area contributed by atoms with E-state index >= 15 is 0 Å². The Morgan fingerprint density at radius 1 is 0.558 bits per heavy atom. The predicted molar refractivity (Wildman–Crippen MR) is 392 cm³/mol. The molecule has 0 bridgehead atoms. The first-order valence-corrected chi connectivity index (χ1v) is 36.3. The maximum Gasteiger partial charge on any atom is 0.329 e. The number of carboxylic acid groups (broad SMARTS) is 4. The van der Waals surface area contributed by atoms with Crippen molar-refractivity contribution in [3.63, 3.8) is 0 Å². The molecule has 3 aromatic rings. The molecule has 1 aliphatic rings. The number of amides is 14. The Kier molecular flexibility index (Phi) is 38.7. The number of esters is 1. The number of cyclic esters (lactones) is 1. The molecule has 1 aliphatic heterocycles. The van der Waals surface area contributed by atoms with Crippen LogP contribution in [-0.4, -0.2) is 247 Å². The van der Waals surface area contributed by atoms with Gasteiger partial charge in [-0.05, 0) is 74.9 Å². The number of aliphatic hydroxyl groups is 1. The molecule has 4 rings (SSSR count). The Labute approximate surface area is 646 Å². The maximum atomic E-state index is 14.8. The first-order chi connectivity index (χ1) is 53.4. The number of phenolic OH excluding ortho intramolecular Hbond substituents is 1. The number of hydrogen-bond donors (Lipinski definition) is 22. The lowest BCUT2D eigenvalue weighted by Gasteiger charge is -2.30. The Bertz CT molecular complexity index is 3910. The van der Waals surface area contributed by atoms with Crippen molar-refractivity contribution in [3.05, 3.63) is 65.9 Å². The summed E-state index contributed by atoms with van der Waals surface area (Å²) in [6, 6.07) is -10.3. The molecule has 620 valence electrons. The number of aliphatic carboxylic acids is 4. The van der Waals surface area contributed by atoms with Gasteiger partial charge in [-0.15, -0.1) is 0 Å². The summed E-state index contributed by atoms with van der Waals surface area (Å²) < 4.78 is 5.74. The van der Waals surface area contributed by atoms with E-state index in [4.69, 9.17) is 16.2 Å². The lowest BCUT2D eigenvalue weighted by Crippen LogP contribution is -2.62. The number of carbonyl (C=O) groups is 19. The van der Waals surface area contributed by atoms with E-state index in [0.717, 1.165) is 65.0 Å². The number of ether oxygens (including phenoxy) is 1. The fourth-order valence-electron chi connectivity index (χ4n) is 11.6. The molecule has 0 radical (unpaired) electrons. The number of carboxylic acids is 4. The first-order valence-electron chi connectivity index (χ1n) is 36.3. The second-order valence-corrected chi connectivity index (χ2v) is 26.9. The van der Waals surface area contributed by atoms with Crippen molar-refractivity contribution in [2.24, 2.45) is 17.4 Å². The molecule has 0 saturated carbocycles. The molecule has 42 heteroatoms. The van der Waals surface area contributed by atoms with Crippen LogP contribution in [0.15, 0.2) is 54.7 Å². The summed E-state index contributed by atoms with van der Waals surface area (Å²) in [5.74, 6) is -28.2. The molecule has 1 saturated heterocycles. The van der Waals surface area contributed by atoms with E-state index in [9.17, 15) is 122 Å². The highest BCUT2D eigenvalue weighted by Gasteiger charge is 2.41. The van der Waals surface area contributed by atoms with Gasteiger partial charge in [-0.2, -0.15) is 0 Å². The smallest absolute Gasteiger partial charge is 0.329 e. The fourth-order valence-corrected chi connectivity index (χ4v) is 11.6. The van der Waals surface area contributed by atoms with Crippen molar-refractivity contribution >= 4 is 123 Å². The van der Waals surface area contributed by atoms with Crippen LogP contribution in [0.2, 0.25) is 0 Å². The van der Waals surface area contributed by atoms with E-state index in [1.54, 1.807) is 30.5 Å². The van der Waals surface area contributed by atoms with Gasteiger partial charge in [-0.25, -0.2) is 4.79 Å². The molecule has 0 spiro atoms. The number of nitrogens with two attached hydrogens (primary N) is 2. The molecule has 2 heterocycles. The SMILES string of the molecule is CCCCCCCCCC(=O)N[C@@H](Cc1c[nH]c2ccccc12)C(=O)N[C@H](CC(N)=O)C(=O)N[C@@H](CC(=O)O)C(=O)N[C@@H]1C(=O)NCC(=O)N[C@@H](CCCN)C(=O)N[C@@H](CC(=O)O)C(=O)N[C@H](C)C(=O)N[C@@H](CC(=O)O)C(=O)NCC(=O)N[C@H](CO)C(=O)N[C@@H]([C@H](C)CC(=O)O)C(=O)N[C@@H](Cc2ccc(O)cc2)C(=O)O[C@@H]1C. The number of unbranched alkanes of at least 4 members (excludes halogenated alkanes) is 6. The first kappa shape index (κ1) is 93.0. The van der Waals surface area contributed by atoms with Gasteiger partial charge >= 0.3 is 29.8 Å². The average molecular weight is 1590 g/mol. The molecule has 14 amide bonds. The molecule has 24 N–H and O–H groups in total. The standard InChI is InChI=1S/C71H100N16O26/c1-5-6-7-8-9-10-11-18-52(91)79-44(26-39-31-74-42-16-13-12-15-41(39)42)65(106)82-45(27-51(73)90)66(107)84-48(30-58(100)101)67(108)87-60-37(4)113-71(112)49(25-38-19-21-40(89)22-20-38)85-70(111)59(35(2)24-55(94)95)86-68(109)50(34-88)80-54(93)32-75-62(103)46(28-56(96)97)81-61(102)36(3)77-64(105)47(29-57(98)99)83-63(104)43(17-14-23-72)78-53(92)33-76-69(60)110/h12-13,15-16,19-22,31,35-37,43-50,59-60,74,88-89H,5-11,14,17-18,23-30,32-34,72H2,1-4H3,(H2,73,90)(H,75,103)(H,76,110)(H,77,105)(H,78,92)(H,79,91)(H,80,93)(H,81,102)(H,82,106)(H,83,104)(H,84,107)(H,85,111)(H,86,109)(H,87,108)(H,94,95)(H,96,97)(H,98,99)(H,100,101)/t35-,36-,37-,43+,44+,45-,46+,47+,48+,49+,50-,59+,60+/m1/s1. The van der Waals surface area contributed by atoms with Crippen molar-refractivity contribution in [2.45, 2.75) is 209 Å². The van der Waals surface area contributed by atoms with E-state index in [0.29, 0.717) is 29.3 Å². The van der Waals surface area contributed by atoms with Crippen LogP contribution in [0.4, 0.5) is 0 Å². The van der Waals surface area contributed by atoms with Crippen molar-refractivity contribution < 1.29 is 126 Å². The van der Waals surface area contributed by atoms with Crippen LogP contribution in [0.1, 0.15) is 135 Å². The average Bonchev–Trinajstić information content (AvgIpc) is 1.73. The number of hydrogen-bond acceptors (Lipinski definition) is 23. The molecule has 13 atom stereocenters. The van der Waals surface area contributed by atoms with Crippen LogP contribution in [0.3, 0.4) is 0 Å². The molecular weight excluding hydrogens is 1490 g/mol. The number of aromatic nitrogens is 1. The molecule has 1 aromatic heterocycles.